The zero-order valence-corrected chi connectivity index (χ0v) is 14.3. The summed E-state index contributed by atoms with van der Waals surface area (Å²) in [7, 11) is 0. The van der Waals surface area contributed by atoms with Crippen LogP contribution < -0.4 is 4.74 Å². The molecule has 124 valence electrons. The summed E-state index contributed by atoms with van der Waals surface area (Å²) in [5, 5.41) is 10.4. The van der Waals surface area contributed by atoms with Gasteiger partial charge in [-0.05, 0) is 43.9 Å². The molecule has 0 aromatic heterocycles. The Labute approximate surface area is 140 Å². The van der Waals surface area contributed by atoms with Gasteiger partial charge in [0, 0.05) is 5.56 Å². The molecule has 0 fully saturated rings. The number of benzene rings is 2. The molecular weight excluding hydrogens is 284 g/mol. The van der Waals surface area contributed by atoms with Crippen LogP contribution in [-0.4, -0.2) is 5.11 Å². The molecular formula is C21H28O2. The molecule has 0 aliphatic carbocycles. The van der Waals surface area contributed by atoms with E-state index in [9.17, 15) is 5.11 Å². The number of rotatable bonds is 9. The Morgan fingerprint density at radius 3 is 1.96 bits per heavy atom. The number of hydrogen-bond donors (Lipinski definition) is 1. The summed E-state index contributed by atoms with van der Waals surface area (Å²) < 4.78 is 6.51. The first-order chi connectivity index (χ1) is 11.2. The van der Waals surface area contributed by atoms with Crippen molar-refractivity contribution in [2.75, 3.05) is 0 Å². The van der Waals surface area contributed by atoms with E-state index in [2.05, 4.69) is 13.8 Å². The minimum Gasteiger partial charge on any atom is -0.508 e. The molecule has 0 radical (unpaired) electrons. The Morgan fingerprint density at radius 2 is 1.39 bits per heavy atom. The fourth-order valence-corrected chi connectivity index (χ4v) is 3.05. The second kappa shape index (κ2) is 8.61. The molecule has 0 aliphatic rings. The van der Waals surface area contributed by atoms with Crippen molar-refractivity contribution >= 4 is 0 Å². The predicted octanol–water partition coefficient (Wildman–Crippen LogP) is 6.05. The summed E-state index contributed by atoms with van der Waals surface area (Å²) in [6.45, 7) is 4.38. The van der Waals surface area contributed by atoms with Crippen LogP contribution in [0.1, 0.15) is 57.9 Å². The normalized spacial score (nSPS) is 11.4. The first-order valence-electron chi connectivity index (χ1n) is 8.74. The van der Waals surface area contributed by atoms with Crippen LogP contribution in [-0.2, 0) is 5.60 Å². The Morgan fingerprint density at radius 1 is 0.826 bits per heavy atom. The molecule has 0 amide bonds. The number of ether oxygens (including phenoxy) is 1. The van der Waals surface area contributed by atoms with Crippen LogP contribution in [0.5, 0.6) is 11.5 Å². The van der Waals surface area contributed by atoms with Crippen molar-refractivity contribution in [3.8, 4) is 11.5 Å². The fraction of sp³-hybridized carbons (Fsp3) is 0.429. The average molecular weight is 312 g/mol. The van der Waals surface area contributed by atoms with Crippen LogP contribution >= 0.6 is 0 Å². The standard InChI is InChI=1S/C21H28O2/c1-3-5-16-21(17-6-4-2,19-14-10-11-15-20(19)22)23-18-12-8-7-9-13-18/h7-15,22H,3-6,16-17H2,1-2H3. The maximum atomic E-state index is 10.4. The van der Waals surface area contributed by atoms with E-state index in [0.717, 1.165) is 49.8 Å². The van der Waals surface area contributed by atoms with E-state index in [1.54, 1.807) is 6.07 Å². The van der Waals surface area contributed by atoms with Crippen LogP contribution in [0.15, 0.2) is 54.6 Å². The third-order valence-electron chi connectivity index (χ3n) is 4.32. The number of para-hydroxylation sites is 2. The molecule has 2 nitrogen and oxygen atoms in total. The molecule has 2 rings (SSSR count). The lowest BCUT2D eigenvalue weighted by molar-refractivity contribution is 0.0398. The minimum absolute atomic E-state index is 0.329. The maximum Gasteiger partial charge on any atom is 0.138 e. The molecule has 2 aromatic rings. The molecule has 1 N–H and O–H groups in total. The molecule has 0 saturated carbocycles. The minimum atomic E-state index is -0.460. The second-order valence-corrected chi connectivity index (χ2v) is 6.13. The van der Waals surface area contributed by atoms with E-state index in [1.807, 2.05) is 48.5 Å². The zero-order chi connectivity index (χ0) is 16.5. The SMILES string of the molecule is CCCCC(CCCC)(Oc1ccccc1)c1ccccc1O. The molecule has 0 spiro atoms. The number of aromatic hydroxyl groups is 1. The van der Waals surface area contributed by atoms with E-state index in [4.69, 9.17) is 4.74 Å². The van der Waals surface area contributed by atoms with E-state index in [-0.39, 0.29) is 0 Å². The summed E-state index contributed by atoms with van der Waals surface area (Å²) in [5.41, 5.74) is 0.448. The number of phenols is 1. The predicted molar refractivity (Wildman–Crippen MR) is 95.9 cm³/mol. The third kappa shape index (κ3) is 4.51. The van der Waals surface area contributed by atoms with Crippen molar-refractivity contribution in [2.24, 2.45) is 0 Å². The quantitative estimate of drug-likeness (QED) is 0.611. The molecule has 2 heteroatoms. The van der Waals surface area contributed by atoms with Crippen molar-refractivity contribution < 1.29 is 9.84 Å². The highest BCUT2D eigenvalue weighted by molar-refractivity contribution is 5.38. The summed E-state index contributed by atoms with van der Waals surface area (Å²) >= 11 is 0. The second-order valence-electron chi connectivity index (χ2n) is 6.13. The molecule has 2 aromatic carbocycles. The van der Waals surface area contributed by atoms with Gasteiger partial charge in [-0.2, -0.15) is 0 Å². The van der Waals surface area contributed by atoms with E-state index < -0.39 is 5.60 Å². The lowest BCUT2D eigenvalue weighted by atomic mass is 9.83. The van der Waals surface area contributed by atoms with Crippen LogP contribution in [0.4, 0.5) is 0 Å². The van der Waals surface area contributed by atoms with Crippen molar-refractivity contribution in [1.82, 2.24) is 0 Å². The smallest absolute Gasteiger partial charge is 0.138 e. The van der Waals surface area contributed by atoms with Crippen molar-refractivity contribution in [1.29, 1.82) is 0 Å². The summed E-state index contributed by atoms with van der Waals surface area (Å²) in [6.07, 6.45) is 6.20. The van der Waals surface area contributed by atoms with Gasteiger partial charge in [0.25, 0.3) is 0 Å². The fourth-order valence-electron chi connectivity index (χ4n) is 3.05. The summed E-state index contributed by atoms with van der Waals surface area (Å²) in [6, 6.07) is 17.6. The molecule has 0 unspecified atom stereocenters. The van der Waals surface area contributed by atoms with Gasteiger partial charge in [0.1, 0.15) is 17.1 Å². The molecule has 0 bridgehead atoms. The summed E-state index contributed by atoms with van der Waals surface area (Å²) in [5.74, 6) is 1.19. The molecule has 0 saturated heterocycles. The van der Waals surface area contributed by atoms with E-state index in [1.165, 1.54) is 0 Å². The lowest BCUT2D eigenvalue weighted by Gasteiger charge is -2.36. The zero-order valence-electron chi connectivity index (χ0n) is 14.3. The van der Waals surface area contributed by atoms with Gasteiger partial charge in [-0.1, -0.05) is 63.1 Å². The average Bonchev–Trinajstić information content (AvgIpc) is 2.59. The molecule has 23 heavy (non-hydrogen) atoms. The molecule has 0 heterocycles. The number of hydrogen-bond acceptors (Lipinski definition) is 2. The Balaban J connectivity index is 2.42. The van der Waals surface area contributed by atoms with Gasteiger partial charge in [-0.15, -0.1) is 0 Å². The Hall–Kier alpha value is -1.96. The van der Waals surface area contributed by atoms with Crippen molar-refractivity contribution in [2.45, 2.75) is 58.0 Å². The largest absolute Gasteiger partial charge is 0.508 e. The van der Waals surface area contributed by atoms with Crippen LogP contribution in [0.3, 0.4) is 0 Å². The Bertz CT molecular complexity index is 569. The van der Waals surface area contributed by atoms with E-state index >= 15 is 0 Å². The van der Waals surface area contributed by atoms with Crippen molar-refractivity contribution in [3.05, 3.63) is 60.2 Å². The van der Waals surface area contributed by atoms with Crippen LogP contribution in [0.25, 0.3) is 0 Å². The lowest BCUT2D eigenvalue weighted by Crippen LogP contribution is -2.33. The summed E-state index contributed by atoms with van der Waals surface area (Å²) in [4.78, 5) is 0. The van der Waals surface area contributed by atoms with Gasteiger partial charge in [-0.3, -0.25) is 0 Å². The first-order valence-corrected chi connectivity index (χ1v) is 8.74. The van der Waals surface area contributed by atoms with Gasteiger partial charge in [0.15, 0.2) is 0 Å². The van der Waals surface area contributed by atoms with E-state index in [0.29, 0.717) is 5.75 Å². The highest BCUT2D eigenvalue weighted by atomic mass is 16.5. The third-order valence-corrected chi connectivity index (χ3v) is 4.32. The van der Waals surface area contributed by atoms with Gasteiger partial charge < -0.3 is 9.84 Å². The highest BCUT2D eigenvalue weighted by Gasteiger charge is 2.35. The number of unbranched alkanes of at least 4 members (excludes halogenated alkanes) is 2. The highest BCUT2D eigenvalue weighted by Crippen LogP contribution is 2.41. The molecule has 0 aliphatic heterocycles. The molecule has 0 atom stereocenters. The maximum absolute atomic E-state index is 10.4. The van der Waals surface area contributed by atoms with Gasteiger partial charge in [0.05, 0.1) is 0 Å². The number of phenolic OH excluding ortho intramolecular Hbond substituents is 1. The topological polar surface area (TPSA) is 29.5 Å². The van der Waals surface area contributed by atoms with Crippen LogP contribution in [0.2, 0.25) is 0 Å². The Kier molecular flexibility index (Phi) is 6.52. The van der Waals surface area contributed by atoms with Crippen LogP contribution in [0, 0.1) is 0 Å². The first kappa shape index (κ1) is 17.4. The van der Waals surface area contributed by atoms with Crippen molar-refractivity contribution in [3.63, 3.8) is 0 Å². The van der Waals surface area contributed by atoms with Gasteiger partial charge >= 0.3 is 0 Å². The van der Waals surface area contributed by atoms with Gasteiger partial charge in [-0.25, -0.2) is 0 Å². The van der Waals surface area contributed by atoms with Gasteiger partial charge in [0.2, 0.25) is 0 Å². The monoisotopic (exact) mass is 312 g/mol.